The molecular weight excluding hydrogens is 609 g/mol. The number of fused-ring (bicyclic) bond motifs is 5. The number of benzene rings is 5. The molecule has 232 valence electrons. The molecule has 2 aliphatic carbocycles. The highest BCUT2D eigenvalue weighted by Crippen LogP contribution is 2.39. The Hall–Kier alpha value is -5.52. The Labute approximate surface area is 289 Å². The standard InChI is InChI=1S/C44H34BN3Si/c45-33-24-26-41-39(30-33)43-38-22-11-10-13-31(38)23-25-42(43)48(41)44-46-28-27-40(47-44)32-14-12-21-37(29-32)49(34-15-4-1-5-16-34,35-17-6-2-7-18-35)36-19-8-3-9-20-36/h1-10,12-21,23,25,27-30H,11,22,24,26H2. The zero-order chi connectivity index (χ0) is 32.8. The van der Waals surface area contributed by atoms with Crippen LogP contribution >= 0.6 is 0 Å². The van der Waals surface area contributed by atoms with E-state index in [1.807, 2.05) is 12.3 Å². The van der Waals surface area contributed by atoms with E-state index >= 15 is 0 Å². The molecule has 7 aromatic rings. The molecule has 2 heterocycles. The normalized spacial score (nSPS) is 13.9. The summed E-state index contributed by atoms with van der Waals surface area (Å²) in [6, 6.07) is 48.8. The lowest BCUT2D eigenvalue weighted by atomic mass is 9.83. The van der Waals surface area contributed by atoms with Crippen molar-refractivity contribution in [2.75, 3.05) is 0 Å². The van der Waals surface area contributed by atoms with Crippen molar-refractivity contribution in [1.82, 2.24) is 14.5 Å². The van der Waals surface area contributed by atoms with E-state index in [4.69, 9.17) is 17.8 Å². The smallest absolute Gasteiger partial charge is 0.234 e. The molecule has 0 saturated heterocycles. The third kappa shape index (κ3) is 4.88. The van der Waals surface area contributed by atoms with Gasteiger partial charge in [-0.15, -0.1) is 5.47 Å². The molecule has 49 heavy (non-hydrogen) atoms. The molecule has 0 atom stereocenters. The molecule has 9 rings (SSSR count). The van der Waals surface area contributed by atoms with E-state index in [9.17, 15) is 0 Å². The minimum absolute atomic E-state index is 0.701. The number of nitrogens with zero attached hydrogens (tertiary/aromatic N) is 3. The van der Waals surface area contributed by atoms with Gasteiger partial charge in [-0.2, -0.15) is 0 Å². The summed E-state index contributed by atoms with van der Waals surface area (Å²) in [6.07, 6.45) is 12.4. The lowest BCUT2D eigenvalue weighted by Gasteiger charge is -2.34. The fraction of sp³-hybridized carbons (Fsp3) is 0.0909. The van der Waals surface area contributed by atoms with E-state index in [0.29, 0.717) is 5.95 Å². The highest BCUT2D eigenvalue weighted by Gasteiger charge is 2.41. The summed E-state index contributed by atoms with van der Waals surface area (Å²) >= 11 is 0. The van der Waals surface area contributed by atoms with Crippen molar-refractivity contribution in [3.8, 4) is 17.2 Å². The summed E-state index contributed by atoms with van der Waals surface area (Å²) in [5.41, 5.74) is 9.24. The van der Waals surface area contributed by atoms with Gasteiger partial charge in [0.25, 0.3) is 0 Å². The van der Waals surface area contributed by atoms with Crippen molar-refractivity contribution >= 4 is 59.7 Å². The van der Waals surface area contributed by atoms with Gasteiger partial charge in [-0.05, 0) is 69.7 Å². The first kappa shape index (κ1) is 29.6. The molecule has 3 nitrogen and oxygen atoms in total. The fourth-order valence-corrected chi connectivity index (χ4v) is 13.0. The van der Waals surface area contributed by atoms with Crippen LogP contribution in [0.4, 0.5) is 0 Å². The van der Waals surface area contributed by atoms with E-state index in [1.54, 1.807) is 0 Å². The second kappa shape index (κ2) is 12.2. The van der Waals surface area contributed by atoms with E-state index in [0.717, 1.165) is 47.9 Å². The first-order chi connectivity index (χ1) is 24.2. The Morgan fingerprint density at radius 2 is 1.33 bits per heavy atom. The number of aromatic nitrogens is 3. The van der Waals surface area contributed by atoms with Crippen LogP contribution in [0.25, 0.3) is 40.3 Å². The minimum atomic E-state index is -2.68. The molecule has 2 radical (unpaired) electrons. The molecule has 0 fully saturated rings. The van der Waals surface area contributed by atoms with Crippen LogP contribution in [0.15, 0.2) is 151 Å². The summed E-state index contributed by atoms with van der Waals surface area (Å²) < 4.78 is 2.29. The van der Waals surface area contributed by atoms with Crippen LogP contribution in [0, 0.1) is 0 Å². The van der Waals surface area contributed by atoms with Gasteiger partial charge in [0.05, 0.1) is 11.2 Å². The van der Waals surface area contributed by atoms with Crippen molar-refractivity contribution in [1.29, 1.82) is 0 Å². The largest absolute Gasteiger partial charge is 0.282 e. The average Bonchev–Trinajstić information content (AvgIpc) is 3.51. The Morgan fingerprint density at radius 1 is 0.653 bits per heavy atom. The van der Waals surface area contributed by atoms with Gasteiger partial charge in [0.2, 0.25) is 5.95 Å². The first-order valence-corrected chi connectivity index (χ1v) is 19.1. The van der Waals surface area contributed by atoms with Crippen LogP contribution in [0.2, 0.25) is 0 Å². The Bertz CT molecular complexity index is 2300. The van der Waals surface area contributed by atoms with Gasteiger partial charge in [-0.25, -0.2) is 9.97 Å². The summed E-state index contributed by atoms with van der Waals surface area (Å²) in [5.74, 6) is 0.701. The van der Waals surface area contributed by atoms with E-state index in [1.165, 1.54) is 48.5 Å². The minimum Gasteiger partial charge on any atom is -0.282 e. The van der Waals surface area contributed by atoms with E-state index in [-0.39, 0.29) is 0 Å². The van der Waals surface area contributed by atoms with Gasteiger partial charge in [0.1, 0.15) is 7.85 Å². The maximum Gasteiger partial charge on any atom is 0.234 e. The van der Waals surface area contributed by atoms with Crippen LogP contribution in [-0.2, 0) is 12.8 Å². The zero-order valence-electron chi connectivity index (χ0n) is 27.3. The summed E-state index contributed by atoms with van der Waals surface area (Å²) in [7, 11) is 3.77. The average molecular weight is 644 g/mol. The molecule has 0 bridgehead atoms. The number of allylic oxidation sites excluding steroid dienone is 2. The van der Waals surface area contributed by atoms with Crippen molar-refractivity contribution in [3.05, 3.63) is 174 Å². The molecule has 5 aromatic carbocycles. The highest BCUT2D eigenvalue weighted by atomic mass is 28.3. The molecule has 0 spiro atoms. The predicted molar refractivity (Wildman–Crippen MR) is 207 cm³/mol. The van der Waals surface area contributed by atoms with Crippen LogP contribution in [-0.4, -0.2) is 30.5 Å². The Morgan fingerprint density at radius 3 is 2.02 bits per heavy atom. The highest BCUT2D eigenvalue weighted by molar-refractivity contribution is 7.19. The van der Waals surface area contributed by atoms with Crippen molar-refractivity contribution in [2.24, 2.45) is 0 Å². The van der Waals surface area contributed by atoms with Crippen molar-refractivity contribution in [3.63, 3.8) is 0 Å². The third-order valence-corrected chi connectivity index (χ3v) is 15.1. The molecule has 0 unspecified atom stereocenters. The molecule has 2 aromatic heterocycles. The molecule has 0 N–H and O–H groups in total. The monoisotopic (exact) mass is 643 g/mol. The summed E-state index contributed by atoms with van der Waals surface area (Å²) in [4.78, 5) is 10.2. The maximum atomic E-state index is 6.45. The summed E-state index contributed by atoms with van der Waals surface area (Å²) in [6.45, 7) is 0. The molecule has 0 saturated carbocycles. The zero-order valence-corrected chi connectivity index (χ0v) is 28.3. The molecule has 5 heteroatoms. The Kier molecular flexibility index (Phi) is 7.36. The van der Waals surface area contributed by atoms with E-state index < -0.39 is 8.07 Å². The number of hydrogen-bond acceptors (Lipinski definition) is 2. The van der Waals surface area contributed by atoms with Crippen LogP contribution in [0.1, 0.15) is 35.2 Å². The fourth-order valence-electron chi connectivity index (χ4n) is 8.16. The number of rotatable bonds is 6. The third-order valence-electron chi connectivity index (χ3n) is 10.3. The van der Waals surface area contributed by atoms with Gasteiger partial charge in [-0.3, -0.25) is 4.57 Å². The van der Waals surface area contributed by atoms with Gasteiger partial charge < -0.3 is 0 Å². The number of hydrogen-bond donors (Lipinski definition) is 0. The summed E-state index contributed by atoms with van der Waals surface area (Å²) in [5, 5.41) is 6.66. The predicted octanol–water partition coefficient (Wildman–Crippen LogP) is 6.88. The van der Waals surface area contributed by atoms with E-state index in [2.05, 4.69) is 150 Å². The topological polar surface area (TPSA) is 30.7 Å². The number of aryl methyl sites for hydroxylation is 1. The van der Waals surface area contributed by atoms with Crippen LogP contribution < -0.4 is 20.7 Å². The van der Waals surface area contributed by atoms with Crippen LogP contribution in [0.3, 0.4) is 0 Å². The lowest BCUT2D eigenvalue weighted by Crippen LogP contribution is -2.74. The first-order valence-electron chi connectivity index (χ1n) is 17.1. The molecule has 2 aliphatic rings. The van der Waals surface area contributed by atoms with Gasteiger partial charge in [0.15, 0.2) is 8.07 Å². The maximum absolute atomic E-state index is 6.45. The lowest BCUT2D eigenvalue weighted by molar-refractivity contribution is 0.841. The SMILES string of the molecule is [B]C1=Cc2c(n(-c3nccc(-c4cccc([Si](c5ccccc5)(c5ccccc5)c5ccccc5)c4)n3)c3ccc4c(c23)CCC=C4)CC1. The van der Waals surface area contributed by atoms with Crippen molar-refractivity contribution < 1.29 is 0 Å². The Balaban J connectivity index is 1.24. The molecular formula is C44H34BN3Si. The molecule has 0 amide bonds. The van der Waals surface area contributed by atoms with Crippen LogP contribution in [0.5, 0.6) is 0 Å². The molecule has 0 aliphatic heterocycles. The van der Waals surface area contributed by atoms with Gasteiger partial charge in [-0.1, -0.05) is 140 Å². The van der Waals surface area contributed by atoms with Crippen molar-refractivity contribution in [2.45, 2.75) is 25.7 Å². The second-order valence-electron chi connectivity index (χ2n) is 13.1. The quantitative estimate of drug-likeness (QED) is 0.146. The van der Waals surface area contributed by atoms with Gasteiger partial charge >= 0.3 is 0 Å². The van der Waals surface area contributed by atoms with Gasteiger partial charge in [0, 0.05) is 28.4 Å². The second-order valence-corrected chi connectivity index (χ2v) is 16.9.